The molecule has 1 aliphatic rings. The standard InChI is InChI=1S/C31H32.2C2H6.CH4O.CH4/c1-23-9-16-30(17-10-23)31-18-15-29(22-31)20-25(3)24(2)19-27-11-13-28(14-12-27)21-26-7-5-4-6-8-26;3*1-2;/h4-14,16-17,20,22,31H,2,15,18-19,21H2,1,3H3;2*1-2H3;2H,1H3;1H4/b25-20+;;;;. The summed E-state index contributed by atoms with van der Waals surface area (Å²) >= 11 is 0. The Hall–Kier alpha value is -3.16. The first-order valence-electron chi connectivity index (χ1n) is 13.8. The Labute approximate surface area is 234 Å². The Balaban J connectivity index is 0.00000183. The number of hydrogen-bond donors (Lipinski definition) is 1. The van der Waals surface area contributed by atoms with Gasteiger partial charge in [0.2, 0.25) is 0 Å². The summed E-state index contributed by atoms with van der Waals surface area (Å²) in [6.07, 6.45) is 9.04. The van der Waals surface area contributed by atoms with Gasteiger partial charge in [0.1, 0.15) is 0 Å². The third-order valence-corrected chi connectivity index (χ3v) is 6.32. The number of aliphatic hydroxyl groups is 1. The molecule has 0 radical (unpaired) electrons. The third-order valence-electron chi connectivity index (χ3n) is 6.32. The van der Waals surface area contributed by atoms with E-state index >= 15 is 0 Å². The van der Waals surface area contributed by atoms with Crippen molar-refractivity contribution in [3.63, 3.8) is 0 Å². The molecule has 206 valence electrons. The lowest BCUT2D eigenvalue weighted by Crippen LogP contribution is -1.93. The number of aliphatic hydroxyl groups excluding tert-OH is 1. The average molecular weight is 513 g/mol. The number of rotatable bonds is 7. The quantitative estimate of drug-likeness (QED) is 0.312. The zero-order chi connectivity index (χ0) is 27.6. The molecule has 1 heteroatoms. The lowest BCUT2D eigenvalue weighted by molar-refractivity contribution is 0.399. The molecule has 1 atom stereocenters. The van der Waals surface area contributed by atoms with E-state index in [-0.39, 0.29) is 7.43 Å². The number of aryl methyl sites for hydroxylation is 1. The molecule has 0 saturated carbocycles. The summed E-state index contributed by atoms with van der Waals surface area (Å²) in [7, 11) is 1.00. The van der Waals surface area contributed by atoms with Crippen molar-refractivity contribution in [1.29, 1.82) is 0 Å². The molecule has 0 amide bonds. The van der Waals surface area contributed by atoms with Crippen molar-refractivity contribution in [2.45, 2.75) is 80.6 Å². The minimum atomic E-state index is 0. The molecule has 1 nitrogen and oxygen atoms in total. The fourth-order valence-corrected chi connectivity index (χ4v) is 4.32. The molecule has 0 fully saturated rings. The van der Waals surface area contributed by atoms with Crippen LogP contribution in [-0.4, -0.2) is 12.2 Å². The zero-order valence-corrected chi connectivity index (χ0v) is 24.2. The van der Waals surface area contributed by atoms with Crippen LogP contribution in [0.1, 0.15) is 88.6 Å². The molecule has 38 heavy (non-hydrogen) atoms. The van der Waals surface area contributed by atoms with Gasteiger partial charge in [-0.2, -0.15) is 0 Å². The maximum atomic E-state index is 7.00. The molecular formula is C37H52O. The lowest BCUT2D eigenvalue weighted by atomic mass is 9.97. The van der Waals surface area contributed by atoms with Gasteiger partial charge in [0.05, 0.1) is 0 Å². The van der Waals surface area contributed by atoms with Gasteiger partial charge in [0.15, 0.2) is 0 Å². The van der Waals surface area contributed by atoms with Gasteiger partial charge in [0.25, 0.3) is 0 Å². The largest absolute Gasteiger partial charge is 0.400 e. The topological polar surface area (TPSA) is 20.2 Å². The van der Waals surface area contributed by atoms with Crippen LogP contribution >= 0.6 is 0 Å². The molecule has 1 unspecified atom stereocenters. The molecule has 0 heterocycles. The van der Waals surface area contributed by atoms with Crippen LogP contribution in [0.25, 0.3) is 0 Å². The second-order valence-corrected chi connectivity index (χ2v) is 8.88. The first-order valence-corrected chi connectivity index (χ1v) is 13.8. The van der Waals surface area contributed by atoms with Gasteiger partial charge < -0.3 is 5.11 Å². The maximum absolute atomic E-state index is 7.00. The van der Waals surface area contributed by atoms with Gasteiger partial charge in [-0.1, -0.05) is 144 Å². The summed E-state index contributed by atoms with van der Waals surface area (Å²) < 4.78 is 0. The molecule has 0 saturated heterocycles. The van der Waals surface area contributed by atoms with Crippen molar-refractivity contribution in [3.8, 4) is 0 Å². The summed E-state index contributed by atoms with van der Waals surface area (Å²) in [5, 5.41) is 7.00. The molecule has 0 aliphatic heterocycles. The van der Waals surface area contributed by atoms with Gasteiger partial charge in [-0.3, -0.25) is 0 Å². The highest BCUT2D eigenvalue weighted by atomic mass is 16.2. The molecule has 3 aromatic rings. The van der Waals surface area contributed by atoms with E-state index in [4.69, 9.17) is 5.11 Å². The molecule has 0 aromatic heterocycles. The molecule has 0 bridgehead atoms. The van der Waals surface area contributed by atoms with Gasteiger partial charge in [0, 0.05) is 13.0 Å². The average Bonchev–Trinajstić information content (AvgIpc) is 3.42. The summed E-state index contributed by atoms with van der Waals surface area (Å²) in [6, 6.07) is 28.6. The second kappa shape index (κ2) is 19.9. The molecule has 4 rings (SSSR count). The highest BCUT2D eigenvalue weighted by molar-refractivity contribution is 5.42. The normalized spacial score (nSPS) is 13.7. The molecule has 1 N–H and O–H groups in total. The number of allylic oxidation sites excluding steroid dienone is 5. The smallest absolute Gasteiger partial charge is 0.0319 e. The monoisotopic (exact) mass is 512 g/mol. The van der Waals surface area contributed by atoms with Gasteiger partial charge in [-0.15, -0.1) is 0 Å². The van der Waals surface area contributed by atoms with E-state index in [2.05, 4.69) is 111 Å². The predicted octanol–water partition coefficient (Wildman–Crippen LogP) is 10.4. The fourth-order valence-electron chi connectivity index (χ4n) is 4.32. The Morgan fingerprint density at radius 3 is 1.92 bits per heavy atom. The highest BCUT2D eigenvalue weighted by Crippen LogP contribution is 2.34. The first kappa shape index (κ1) is 34.8. The zero-order valence-electron chi connectivity index (χ0n) is 24.2. The summed E-state index contributed by atoms with van der Waals surface area (Å²) in [5.74, 6) is 0.546. The van der Waals surface area contributed by atoms with E-state index in [1.807, 2.05) is 27.7 Å². The molecule has 1 aliphatic carbocycles. The number of benzene rings is 3. The Bertz CT molecular complexity index is 1080. The Morgan fingerprint density at radius 2 is 1.34 bits per heavy atom. The van der Waals surface area contributed by atoms with Crippen molar-refractivity contribution >= 4 is 0 Å². The highest BCUT2D eigenvalue weighted by Gasteiger charge is 2.16. The van der Waals surface area contributed by atoms with Crippen LogP contribution in [0.3, 0.4) is 0 Å². The summed E-state index contributed by atoms with van der Waals surface area (Å²) in [5.41, 5.74) is 10.7. The van der Waals surface area contributed by atoms with E-state index in [0.717, 1.165) is 26.4 Å². The van der Waals surface area contributed by atoms with Crippen molar-refractivity contribution in [1.82, 2.24) is 0 Å². The van der Waals surface area contributed by atoms with Gasteiger partial charge >= 0.3 is 0 Å². The predicted molar refractivity (Wildman–Crippen MR) is 171 cm³/mol. The van der Waals surface area contributed by atoms with Crippen molar-refractivity contribution in [3.05, 3.63) is 142 Å². The van der Waals surface area contributed by atoms with Crippen molar-refractivity contribution in [2.24, 2.45) is 0 Å². The third kappa shape index (κ3) is 11.5. The summed E-state index contributed by atoms with van der Waals surface area (Å²) in [6.45, 7) is 16.7. The fraction of sp³-hybridized carbons (Fsp3) is 0.351. The first-order chi connectivity index (χ1) is 18.1. The van der Waals surface area contributed by atoms with Crippen molar-refractivity contribution in [2.75, 3.05) is 7.11 Å². The minimum absolute atomic E-state index is 0. The molecule has 3 aromatic carbocycles. The van der Waals surface area contributed by atoms with Crippen molar-refractivity contribution < 1.29 is 5.11 Å². The van der Waals surface area contributed by atoms with E-state index in [9.17, 15) is 0 Å². The van der Waals surface area contributed by atoms with Crippen LogP contribution in [0, 0.1) is 6.92 Å². The summed E-state index contributed by atoms with van der Waals surface area (Å²) in [4.78, 5) is 0. The van der Waals surface area contributed by atoms with E-state index in [1.54, 1.807) is 0 Å². The SMILES string of the molecule is C.C=C(Cc1ccc(Cc2ccccc2)cc1)/C(C)=C/C1=CC(c2ccc(C)cc2)CC1.CC.CC.CO. The number of hydrogen-bond acceptors (Lipinski definition) is 1. The lowest BCUT2D eigenvalue weighted by Gasteiger charge is -2.09. The Morgan fingerprint density at radius 1 is 0.816 bits per heavy atom. The molecular weight excluding hydrogens is 460 g/mol. The van der Waals surface area contributed by atoms with Crippen LogP contribution < -0.4 is 0 Å². The second-order valence-electron chi connectivity index (χ2n) is 8.88. The van der Waals surface area contributed by atoms with Gasteiger partial charge in [-0.05, 0) is 72.9 Å². The maximum Gasteiger partial charge on any atom is 0.0319 e. The van der Waals surface area contributed by atoms with Crippen LogP contribution in [0.4, 0.5) is 0 Å². The minimum Gasteiger partial charge on any atom is -0.400 e. The van der Waals surface area contributed by atoms with E-state index in [0.29, 0.717) is 5.92 Å². The van der Waals surface area contributed by atoms with Crippen LogP contribution in [0.2, 0.25) is 0 Å². The Kier molecular flexibility index (Phi) is 18.2. The van der Waals surface area contributed by atoms with E-state index < -0.39 is 0 Å². The van der Waals surface area contributed by atoms with Gasteiger partial charge in [-0.25, -0.2) is 0 Å². The van der Waals surface area contributed by atoms with E-state index in [1.165, 1.54) is 51.0 Å². The van der Waals surface area contributed by atoms with Crippen LogP contribution in [0.5, 0.6) is 0 Å². The molecule has 0 spiro atoms. The van der Waals surface area contributed by atoms with Crippen LogP contribution in [0.15, 0.2) is 114 Å². The van der Waals surface area contributed by atoms with Crippen LogP contribution in [-0.2, 0) is 12.8 Å².